The quantitative estimate of drug-likeness (QED) is 0.492. The van der Waals surface area contributed by atoms with Crippen molar-refractivity contribution in [2.45, 2.75) is 52.1 Å². The second-order valence-electron chi connectivity index (χ2n) is 8.79. The first kappa shape index (κ1) is 20.4. The predicted octanol–water partition coefficient (Wildman–Crippen LogP) is 5.08. The van der Waals surface area contributed by atoms with E-state index in [0.29, 0.717) is 12.1 Å². The number of piperidine rings is 1. The van der Waals surface area contributed by atoms with E-state index in [1.807, 2.05) is 47.0 Å². The van der Waals surface area contributed by atoms with E-state index in [-0.39, 0.29) is 18.0 Å². The molecule has 1 N–H and O–H groups in total. The molecule has 5 rings (SSSR count). The van der Waals surface area contributed by atoms with Crippen LogP contribution in [0.1, 0.15) is 67.1 Å². The number of likely N-dealkylation sites (tertiary alicyclic amines) is 1. The van der Waals surface area contributed by atoms with Crippen LogP contribution >= 0.6 is 0 Å². The van der Waals surface area contributed by atoms with Crippen LogP contribution in [0.25, 0.3) is 22.3 Å². The summed E-state index contributed by atoms with van der Waals surface area (Å²) in [7, 11) is 0. The molecular formula is C25H28N6O. The molecule has 0 radical (unpaired) electrons. The van der Waals surface area contributed by atoms with Gasteiger partial charge in [-0.1, -0.05) is 30.3 Å². The molecule has 1 saturated heterocycles. The van der Waals surface area contributed by atoms with E-state index in [1.54, 1.807) is 6.20 Å². The van der Waals surface area contributed by atoms with Crippen LogP contribution in [-0.2, 0) is 0 Å². The van der Waals surface area contributed by atoms with Crippen LogP contribution in [0, 0.1) is 6.92 Å². The second kappa shape index (κ2) is 8.22. The van der Waals surface area contributed by atoms with Gasteiger partial charge in [0, 0.05) is 18.3 Å². The molecule has 7 heteroatoms. The normalized spacial score (nSPS) is 16.8. The predicted molar refractivity (Wildman–Crippen MR) is 124 cm³/mol. The summed E-state index contributed by atoms with van der Waals surface area (Å²) in [6.45, 7) is 6.78. The van der Waals surface area contributed by atoms with Crippen molar-refractivity contribution in [3.63, 3.8) is 0 Å². The first-order chi connectivity index (χ1) is 15.5. The maximum Gasteiger partial charge on any atom is 0.255 e. The van der Waals surface area contributed by atoms with Crippen LogP contribution in [0.4, 0.5) is 0 Å². The molecule has 4 aromatic rings. The number of hydrogen-bond acceptors (Lipinski definition) is 4. The number of pyridine rings is 1. The molecule has 1 aromatic carbocycles. The van der Waals surface area contributed by atoms with Crippen LogP contribution in [0.2, 0.25) is 0 Å². The third kappa shape index (κ3) is 3.57. The number of rotatable bonds is 4. The first-order valence-corrected chi connectivity index (χ1v) is 11.3. The number of nitrogens with one attached hydrogen (secondary N) is 1. The van der Waals surface area contributed by atoms with E-state index in [9.17, 15) is 4.79 Å². The lowest BCUT2D eigenvalue weighted by molar-refractivity contribution is 0.0603. The minimum atomic E-state index is -0.0719. The smallest absolute Gasteiger partial charge is 0.255 e. The van der Waals surface area contributed by atoms with E-state index in [2.05, 4.69) is 46.0 Å². The molecule has 164 valence electrons. The molecule has 0 bridgehead atoms. The van der Waals surface area contributed by atoms with Crippen LogP contribution in [0.15, 0.2) is 48.8 Å². The van der Waals surface area contributed by atoms with Gasteiger partial charge in [-0.25, -0.2) is 14.6 Å². The molecule has 4 heterocycles. The number of carbonyl (C=O) groups excluding carboxylic acids is 1. The second-order valence-corrected chi connectivity index (χ2v) is 8.79. The van der Waals surface area contributed by atoms with Crippen molar-refractivity contribution in [1.82, 2.24) is 29.6 Å². The zero-order chi connectivity index (χ0) is 22.2. The fourth-order valence-corrected chi connectivity index (χ4v) is 4.58. The van der Waals surface area contributed by atoms with Gasteiger partial charge in [-0.3, -0.25) is 4.79 Å². The van der Waals surface area contributed by atoms with Gasteiger partial charge in [0.05, 0.1) is 35.1 Å². The molecule has 0 saturated carbocycles. The average molecular weight is 429 g/mol. The Labute approximate surface area is 187 Å². The molecule has 1 amide bonds. The summed E-state index contributed by atoms with van der Waals surface area (Å²) in [6, 6.07) is 12.1. The summed E-state index contributed by atoms with van der Waals surface area (Å²) in [4.78, 5) is 28.6. The molecule has 1 unspecified atom stereocenters. The zero-order valence-electron chi connectivity index (χ0n) is 18.7. The Bertz CT molecular complexity index is 1260. The lowest BCUT2D eigenvalue weighted by atomic mass is 9.99. The van der Waals surface area contributed by atoms with Gasteiger partial charge < -0.3 is 9.88 Å². The van der Waals surface area contributed by atoms with Gasteiger partial charge in [0.15, 0.2) is 5.65 Å². The minimum absolute atomic E-state index is 0.0196. The Balaban J connectivity index is 1.51. The summed E-state index contributed by atoms with van der Waals surface area (Å²) in [6.07, 6.45) is 6.60. The number of nitrogens with zero attached hydrogens (tertiary/aromatic N) is 5. The fourth-order valence-electron chi connectivity index (χ4n) is 4.58. The van der Waals surface area contributed by atoms with Crippen molar-refractivity contribution in [3.8, 4) is 11.3 Å². The summed E-state index contributed by atoms with van der Waals surface area (Å²) < 4.78 is 1.88. The third-order valence-electron chi connectivity index (χ3n) is 6.17. The maximum absolute atomic E-state index is 13.8. The Morgan fingerprint density at radius 3 is 2.75 bits per heavy atom. The molecule has 1 fully saturated rings. The Morgan fingerprint density at radius 1 is 1.16 bits per heavy atom. The number of aryl methyl sites for hydroxylation is 1. The molecule has 7 nitrogen and oxygen atoms in total. The SMILES string of the molecule is Cc1cc(C(=O)N2CCCCC2c2ncc(-c3ccccc3)[nH]2)c2cnn(C(C)C)c2n1. The highest BCUT2D eigenvalue weighted by Gasteiger charge is 2.32. The van der Waals surface area contributed by atoms with Crippen molar-refractivity contribution < 1.29 is 4.79 Å². The molecular weight excluding hydrogens is 400 g/mol. The number of aromatic nitrogens is 5. The topological polar surface area (TPSA) is 79.7 Å². The van der Waals surface area contributed by atoms with Crippen LogP contribution in [0.5, 0.6) is 0 Å². The van der Waals surface area contributed by atoms with Crippen LogP contribution in [-0.4, -0.2) is 42.1 Å². The highest BCUT2D eigenvalue weighted by atomic mass is 16.2. The van der Waals surface area contributed by atoms with Gasteiger partial charge in [-0.05, 0) is 51.7 Å². The lowest BCUT2D eigenvalue weighted by Crippen LogP contribution is -2.39. The maximum atomic E-state index is 13.8. The Hall–Kier alpha value is -3.48. The lowest BCUT2D eigenvalue weighted by Gasteiger charge is -2.34. The van der Waals surface area contributed by atoms with E-state index in [0.717, 1.165) is 53.1 Å². The van der Waals surface area contributed by atoms with Crippen LogP contribution < -0.4 is 0 Å². The highest BCUT2D eigenvalue weighted by Crippen LogP contribution is 2.33. The number of benzene rings is 1. The Morgan fingerprint density at radius 2 is 1.97 bits per heavy atom. The first-order valence-electron chi connectivity index (χ1n) is 11.3. The molecule has 32 heavy (non-hydrogen) atoms. The Kier molecular flexibility index (Phi) is 5.25. The van der Waals surface area contributed by atoms with E-state index in [1.165, 1.54) is 0 Å². The van der Waals surface area contributed by atoms with Gasteiger partial charge in [0.25, 0.3) is 5.91 Å². The fraction of sp³-hybridized carbons (Fsp3) is 0.360. The molecule has 0 spiro atoms. The average Bonchev–Trinajstić information content (AvgIpc) is 3.46. The summed E-state index contributed by atoms with van der Waals surface area (Å²) in [5.41, 5.74) is 4.31. The van der Waals surface area contributed by atoms with Crippen molar-refractivity contribution in [1.29, 1.82) is 0 Å². The number of H-pyrrole nitrogens is 1. The monoisotopic (exact) mass is 428 g/mol. The molecule has 1 aliphatic heterocycles. The van der Waals surface area contributed by atoms with E-state index >= 15 is 0 Å². The molecule has 1 aliphatic rings. The van der Waals surface area contributed by atoms with Gasteiger partial charge in [0.2, 0.25) is 0 Å². The van der Waals surface area contributed by atoms with Crippen molar-refractivity contribution >= 4 is 16.9 Å². The summed E-state index contributed by atoms with van der Waals surface area (Å²) in [5, 5.41) is 5.31. The standard InChI is InChI=1S/C25H28N6O/c1-16(2)31-24-20(14-27-31)19(13-17(3)28-24)25(32)30-12-8-7-11-22(30)23-26-15-21(29-23)18-9-5-4-6-10-18/h4-6,9-10,13-16,22H,7-8,11-12H2,1-3H3,(H,26,29). The zero-order valence-corrected chi connectivity index (χ0v) is 18.7. The number of fused-ring (bicyclic) bond motifs is 1. The van der Waals surface area contributed by atoms with Gasteiger partial charge in [0.1, 0.15) is 5.82 Å². The van der Waals surface area contributed by atoms with Gasteiger partial charge >= 0.3 is 0 Å². The number of hydrogen-bond donors (Lipinski definition) is 1. The van der Waals surface area contributed by atoms with Crippen molar-refractivity contribution in [2.75, 3.05) is 6.54 Å². The van der Waals surface area contributed by atoms with Crippen LogP contribution in [0.3, 0.4) is 0 Å². The number of aromatic amines is 1. The third-order valence-corrected chi connectivity index (χ3v) is 6.17. The van der Waals surface area contributed by atoms with Crippen molar-refractivity contribution in [3.05, 3.63) is 65.9 Å². The number of amides is 1. The number of carbonyl (C=O) groups is 1. The van der Waals surface area contributed by atoms with Crippen molar-refractivity contribution in [2.24, 2.45) is 0 Å². The molecule has 0 aliphatic carbocycles. The summed E-state index contributed by atoms with van der Waals surface area (Å²) in [5.74, 6) is 0.864. The van der Waals surface area contributed by atoms with Gasteiger partial charge in [-0.2, -0.15) is 5.10 Å². The minimum Gasteiger partial charge on any atom is -0.340 e. The molecule has 3 aromatic heterocycles. The molecule has 1 atom stereocenters. The largest absolute Gasteiger partial charge is 0.340 e. The highest BCUT2D eigenvalue weighted by molar-refractivity contribution is 6.05. The summed E-state index contributed by atoms with van der Waals surface area (Å²) >= 11 is 0. The van der Waals surface area contributed by atoms with Gasteiger partial charge in [-0.15, -0.1) is 0 Å². The number of imidazole rings is 1. The van der Waals surface area contributed by atoms with E-state index in [4.69, 9.17) is 0 Å². The van der Waals surface area contributed by atoms with E-state index < -0.39 is 0 Å².